The van der Waals surface area contributed by atoms with Crippen molar-refractivity contribution in [2.75, 3.05) is 13.2 Å². The average Bonchev–Trinajstić information content (AvgIpc) is 2.80. The van der Waals surface area contributed by atoms with E-state index >= 15 is 0 Å². The lowest BCUT2D eigenvalue weighted by Gasteiger charge is -2.20. The lowest BCUT2D eigenvalue weighted by Crippen LogP contribution is -2.33. The number of aliphatic hydroxyl groups excluding tert-OH is 1. The van der Waals surface area contributed by atoms with Crippen molar-refractivity contribution in [3.8, 4) is 0 Å². The smallest absolute Gasteiger partial charge is 0.163 e. The molecule has 0 spiro atoms. The van der Waals surface area contributed by atoms with Gasteiger partial charge in [0.25, 0.3) is 0 Å². The topological polar surface area (TPSA) is 65.0 Å². The zero-order valence-corrected chi connectivity index (χ0v) is 12.5. The lowest BCUT2D eigenvalue weighted by molar-refractivity contribution is -0.154. The molecule has 1 aliphatic rings. The summed E-state index contributed by atoms with van der Waals surface area (Å²) >= 11 is 0. The molecule has 0 radical (unpaired) electrons. The molecule has 5 heteroatoms. The molecule has 0 unspecified atom stereocenters. The Hall–Kier alpha value is -1.27. The number of Topliss-reactive ketones (excluding diaryl/α,β-unsaturated/α-hetero) is 1. The molecule has 2 rings (SSSR count). The van der Waals surface area contributed by atoms with Crippen LogP contribution in [0.25, 0.3) is 0 Å². The maximum atomic E-state index is 11.8. The summed E-state index contributed by atoms with van der Waals surface area (Å²) in [6.07, 6.45) is -1.31. The number of ether oxygens (including phenoxy) is 3. The Morgan fingerprint density at radius 2 is 2.14 bits per heavy atom. The quantitative estimate of drug-likeness (QED) is 0.829. The molecular formula is C16H22O5. The first-order valence-electron chi connectivity index (χ1n) is 7.09. The molecule has 1 saturated heterocycles. The van der Waals surface area contributed by atoms with Crippen LogP contribution in [0.4, 0.5) is 0 Å². The van der Waals surface area contributed by atoms with Crippen LogP contribution < -0.4 is 0 Å². The summed E-state index contributed by atoms with van der Waals surface area (Å²) in [6, 6.07) is 9.64. The summed E-state index contributed by atoms with van der Waals surface area (Å²) < 4.78 is 16.2. The van der Waals surface area contributed by atoms with Crippen LogP contribution in [0.2, 0.25) is 0 Å². The van der Waals surface area contributed by atoms with Crippen molar-refractivity contribution in [3.05, 3.63) is 35.9 Å². The molecule has 1 aromatic rings. The van der Waals surface area contributed by atoms with Gasteiger partial charge in [-0.1, -0.05) is 30.3 Å². The van der Waals surface area contributed by atoms with E-state index in [1.807, 2.05) is 30.3 Å². The third-order valence-electron chi connectivity index (χ3n) is 3.27. The summed E-state index contributed by atoms with van der Waals surface area (Å²) in [7, 11) is 0. The number of carbonyl (C=O) groups excluding carboxylic acids is 1. The number of ketones is 1. The van der Waals surface area contributed by atoms with E-state index < -0.39 is 18.0 Å². The second kappa shape index (κ2) is 7.13. The minimum absolute atomic E-state index is 0.0110. The fourth-order valence-corrected chi connectivity index (χ4v) is 2.19. The number of aliphatic hydroxyl groups is 1. The standard InChI is InChI=1S/C16H22O5/c1-16(2)20-11-15(21-16)14(18)8-13(17)10-19-9-12-6-4-3-5-7-12/h3-7,14-15,18H,8-11H2,1-2H3/t14-,15-/m1/s1. The minimum atomic E-state index is -0.861. The lowest BCUT2D eigenvalue weighted by atomic mass is 10.1. The first kappa shape index (κ1) is 16.1. The molecule has 21 heavy (non-hydrogen) atoms. The van der Waals surface area contributed by atoms with Crippen molar-refractivity contribution < 1.29 is 24.1 Å². The van der Waals surface area contributed by atoms with Gasteiger partial charge < -0.3 is 19.3 Å². The van der Waals surface area contributed by atoms with Gasteiger partial charge in [-0.05, 0) is 19.4 Å². The summed E-state index contributed by atoms with van der Waals surface area (Å²) in [5, 5.41) is 9.99. The van der Waals surface area contributed by atoms with Crippen LogP contribution in [0.15, 0.2) is 30.3 Å². The third-order valence-corrected chi connectivity index (χ3v) is 3.27. The van der Waals surface area contributed by atoms with Gasteiger partial charge in [-0.25, -0.2) is 0 Å². The molecule has 1 aromatic carbocycles. The van der Waals surface area contributed by atoms with Gasteiger partial charge in [-0.15, -0.1) is 0 Å². The van der Waals surface area contributed by atoms with E-state index in [9.17, 15) is 9.90 Å². The molecule has 5 nitrogen and oxygen atoms in total. The van der Waals surface area contributed by atoms with Crippen molar-refractivity contribution >= 4 is 5.78 Å². The van der Waals surface area contributed by atoms with E-state index in [-0.39, 0.29) is 18.8 Å². The number of hydrogen-bond donors (Lipinski definition) is 1. The number of benzene rings is 1. The maximum absolute atomic E-state index is 11.8. The average molecular weight is 294 g/mol. The Morgan fingerprint density at radius 1 is 1.43 bits per heavy atom. The van der Waals surface area contributed by atoms with Crippen LogP contribution in [0.1, 0.15) is 25.8 Å². The van der Waals surface area contributed by atoms with Crippen molar-refractivity contribution in [3.63, 3.8) is 0 Å². The Balaban J connectivity index is 1.67. The second-order valence-electron chi connectivity index (χ2n) is 5.66. The van der Waals surface area contributed by atoms with Gasteiger partial charge in [-0.2, -0.15) is 0 Å². The highest BCUT2D eigenvalue weighted by Gasteiger charge is 2.37. The SMILES string of the molecule is CC1(C)OC[C@H]([C@H](O)CC(=O)COCc2ccccc2)O1. The number of carbonyl (C=O) groups is 1. The zero-order chi connectivity index (χ0) is 15.3. The molecule has 1 fully saturated rings. The Kier molecular flexibility index (Phi) is 5.47. The molecule has 2 atom stereocenters. The summed E-state index contributed by atoms with van der Waals surface area (Å²) in [5.74, 6) is -0.842. The van der Waals surface area contributed by atoms with Crippen molar-refractivity contribution in [2.24, 2.45) is 0 Å². The normalized spacial score (nSPS) is 22.1. The maximum Gasteiger partial charge on any atom is 0.163 e. The van der Waals surface area contributed by atoms with Crippen molar-refractivity contribution in [1.29, 1.82) is 0 Å². The van der Waals surface area contributed by atoms with Crippen molar-refractivity contribution in [1.82, 2.24) is 0 Å². The van der Waals surface area contributed by atoms with E-state index in [2.05, 4.69) is 0 Å². The highest BCUT2D eigenvalue weighted by Crippen LogP contribution is 2.25. The van der Waals surface area contributed by atoms with Crippen LogP contribution >= 0.6 is 0 Å². The van der Waals surface area contributed by atoms with E-state index in [4.69, 9.17) is 14.2 Å². The summed E-state index contributed by atoms with van der Waals surface area (Å²) in [6.45, 7) is 4.24. The second-order valence-corrected chi connectivity index (χ2v) is 5.66. The molecular weight excluding hydrogens is 272 g/mol. The molecule has 1 aliphatic heterocycles. The summed E-state index contributed by atoms with van der Waals surface area (Å²) in [5.41, 5.74) is 1.01. The third kappa shape index (κ3) is 5.21. The van der Waals surface area contributed by atoms with Crippen LogP contribution in [-0.2, 0) is 25.6 Å². The number of hydrogen-bond acceptors (Lipinski definition) is 5. The van der Waals surface area contributed by atoms with Gasteiger partial charge in [-0.3, -0.25) is 4.79 Å². The fraction of sp³-hybridized carbons (Fsp3) is 0.562. The van der Waals surface area contributed by atoms with E-state index in [0.717, 1.165) is 5.56 Å². The van der Waals surface area contributed by atoms with Gasteiger partial charge in [0, 0.05) is 6.42 Å². The first-order chi connectivity index (χ1) is 9.96. The van der Waals surface area contributed by atoms with Gasteiger partial charge >= 0.3 is 0 Å². The van der Waals surface area contributed by atoms with Crippen LogP contribution in [0, 0.1) is 0 Å². The van der Waals surface area contributed by atoms with E-state index in [1.165, 1.54) is 0 Å². The minimum Gasteiger partial charge on any atom is -0.390 e. The van der Waals surface area contributed by atoms with Crippen molar-refractivity contribution in [2.45, 2.75) is 44.9 Å². The Bertz CT molecular complexity index is 457. The Morgan fingerprint density at radius 3 is 2.76 bits per heavy atom. The Labute approximate surface area is 124 Å². The molecule has 0 saturated carbocycles. The van der Waals surface area contributed by atoms with Gasteiger partial charge in [0.2, 0.25) is 0 Å². The van der Waals surface area contributed by atoms with Gasteiger partial charge in [0.1, 0.15) is 12.7 Å². The molecule has 1 heterocycles. The number of rotatable bonds is 7. The predicted molar refractivity (Wildman–Crippen MR) is 76.6 cm³/mol. The monoisotopic (exact) mass is 294 g/mol. The fourth-order valence-electron chi connectivity index (χ4n) is 2.19. The van der Waals surface area contributed by atoms with Gasteiger partial charge in [0.05, 0.1) is 19.3 Å². The predicted octanol–water partition coefficient (Wildman–Crippen LogP) is 1.67. The van der Waals surface area contributed by atoms with Crippen LogP contribution in [0.5, 0.6) is 0 Å². The molecule has 1 N–H and O–H groups in total. The molecule has 0 amide bonds. The highest BCUT2D eigenvalue weighted by atomic mass is 16.7. The molecule has 0 aliphatic carbocycles. The molecule has 0 aromatic heterocycles. The van der Waals surface area contributed by atoms with Gasteiger partial charge in [0.15, 0.2) is 11.6 Å². The van der Waals surface area contributed by atoms with Crippen LogP contribution in [-0.4, -0.2) is 42.1 Å². The van der Waals surface area contributed by atoms with Crippen LogP contribution in [0.3, 0.4) is 0 Å². The largest absolute Gasteiger partial charge is 0.390 e. The molecule has 116 valence electrons. The highest BCUT2D eigenvalue weighted by molar-refractivity contribution is 5.80. The molecule has 0 bridgehead atoms. The van der Waals surface area contributed by atoms with E-state index in [0.29, 0.717) is 13.2 Å². The zero-order valence-electron chi connectivity index (χ0n) is 12.5. The van der Waals surface area contributed by atoms with E-state index in [1.54, 1.807) is 13.8 Å². The summed E-state index contributed by atoms with van der Waals surface area (Å²) in [4.78, 5) is 11.8. The first-order valence-corrected chi connectivity index (χ1v) is 7.09.